The van der Waals surface area contributed by atoms with Gasteiger partial charge in [0.05, 0.1) is 25.4 Å². The molecule has 0 aliphatic heterocycles. The molecule has 4 aromatic rings. The summed E-state index contributed by atoms with van der Waals surface area (Å²) in [5, 5.41) is 5.58. The zero-order valence-electron chi connectivity index (χ0n) is 18.6. The van der Waals surface area contributed by atoms with Crippen LogP contribution in [0.5, 0.6) is 23.0 Å². The average Bonchev–Trinajstić information content (AvgIpc) is 2.85. The molecule has 7 nitrogen and oxygen atoms in total. The van der Waals surface area contributed by atoms with Crippen LogP contribution in [-0.4, -0.2) is 30.2 Å². The van der Waals surface area contributed by atoms with Gasteiger partial charge in [0.25, 0.3) is 5.91 Å². The smallest absolute Gasteiger partial charge is 0.257 e. The molecule has 0 aliphatic carbocycles. The van der Waals surface area contributed by atoms with E-state index in [9.17, 15) is 13.6 Å². The van der Waals surface area contributed by atoms with Crippen molar-refractivity contribution in [2.75, 3.05) is 19.5 Å². The van der Waals surface area contributed by atoms with Crippen LogP contribution < -0.4 is 24.8 Å². The Bertz CT molecular complexity index is 1410. The number of hydrogen-bond donors (Lipinski definition) is 2. The molecule has 0 saturated heterocycles. The van der Waals surface area contributed by atoms with Gasteiger partial charge in [-0.3, -0.25) is 15.1 Å². The van der Waals surface area contributed by atoms with Crippen LogP contribution >= 0.6 is 12.2 Å². The van der Waals surface area contributed by atoms with E-state index in [1.54, 1.807) is 30.5 Å². The molecular weight excluding hydrogens is 476 g/mol. The van der Waals surface area contributed by atoms with Crippen molar-refractivity contribution in [2.45, 2.75) is 0 Å². The van der Waals surface area contributed by atoms with Crippen molar-refractivity contribution in [3.8, 4) is 23.0 Å². The number of methoxy groups -OCH3 is 2. The molecule has 35 heavy (non-hydrogen) atoms. The van der Waals surface area contributed by atoms with Crippen LogP contribution in [0.2, 0.25) is 0 Å². The number of carbonyl (C=O) groups excluding carboxylic acids is 1. The van der Waals surface area contributed by atoms with Crippen LogP contribution in [0.1, 0.15) is 10.4 Å². The quantitative estimate of drug-likeness (QED) is 0.344. The highest BCUT2D eigenvalue weighted by Gasteiger charge is 2.14. The summed E-state index contributed by atoms with van der Waals surface area (Å²) in [5.74, 6) is 0.0198. The molecule has 10 heteroatoms. The first-order valence-corrected chi connectivity index (χ1v) is 10.6. The van der Waals surface area contributed by atoms with Crippen LogP contribution in [0.25, 0.3) is 10.9 Å². The lowest BCUT2D eigenvalue weighted by Gasteiger charge is -2.14. The minimum absolute atomic E-state index is 0.0350. The number of anilines is 1. The van der Waals surface area contributed by atoms with Crippen molar-refractivity contribution in [1.29, 1.82) is 0 Å². The third-order valence-electron chi connectivity index (χ3n) is 4.96. The fourth-order valence-electron chi connectivity index (χ4n) is 3.25. The van der Waals surface area contributed by atoms with Gasteiger partial charge in [-0.15, -0.1) is 0 Å². The minimum Gasteiger partial charge on any atom is -0.493 e. The number of benzene rings is 3. The SMILES string of the molecule is COc1cc2nccc(Oc3ccc(NC(=S)NC(=O)c4ccc(F)cc4)c(F)c3)c2cc1OC. The van der Waals surface area contributed by atoms with Crippen molar-refractivity contribution in [3.63, 3.8) is 0 Å². The number of fused-ring (bicyclic) bond motifs is 1. The summed E-state index contributed by atoms with van der Waals surface area (Å²) in [5.41, 5.74) is 0.854. The monoisotopic (exact) mass is 495 g/mol. The van der Waals surface area contributed by atoms with E-state index in [1.165, 1.54) is 38.5 Å². The highest BCUT2D eigenvalue weighted by molar-refractivity contribution is 7.80. The second-order valence-corrected chi connectivity index (χ2v) is 7.60. The zero-order chi connectivity index (χ0) is 24.9. The van der Waals surface area contributed by atoms with Crippen molar-refractivity contribution in [3.05, 3.63) is 84.1 Å². The standard InChI is InChI=1S/C25H19F2N3O4S/c1-32-22-12-17-20(13-23(22)33-2)28-10-9-21(17)34-16-7-8-19(18(27)11-16)29-25(35)30-24(31)14-3-5-15(26)6-4-14/h3-13H,1-2H3,(H2,29,30,31,35). The van der Waals surface area contributed by atoms with Crippen LogP contribution in [0.3, 0.4) is 0 Å². The number of amides is 1. The fraction of sp³-hybridized carbons (Fsp3) is 0.0800. The first-order chi connectivity index (χ1) is 16.9. The molecule has 0 radical (unpaired) electrons. The molecule has 0 atom stereocenters. The third-order valence-corrected chi connectivity index (χ3v) is 5.16. The Hall–Kier alpha value is -4.31. The highest BCUT2D eigenvalue weighted by atomic mass is 32.1. The molecule has 0 fully saturated rings. The molecule has 2 N–H and O–H groups in total. The molecule has 0 saturated carbocycles. The van der Waals surface area contributed by atoms with E-state index in [0.717, 1.165) is 12.1 Å². The number of rotatable bonds is 6. The Morgan fingerprint density at radius 3 is 2.31 bits per heavy atom. The number of nitrogens with zero attached hydrogens (tertiary/aromatic N) is 1. The number of halogens is 2. The van der Waals surface area contributed by atoms with E-state index >= 15 is 0 Å². The summed E-state index contributed by atoms with van der Waals surface area (Å²) in [6, 6.07) is 14.2. The summed E-state index contributed by atoms with van der Waals surface area (Å²) in [7, 11) is 3.05. The normalized spacial score (nSPS) is 10.5. The van der Waals surface area contributed by atoms with Gasteiger partial charge in [-0.2, -0.15) is 0 Å². The van der Waals surface area contributed by atoms with E-state index in [0.29, 0.717) is 28.2 Å². The van der Waals surface area contributed by atoms with Gasteiger partial charge < -0.3 is 19.5 Å². The number of hydrogen-bond acceptors (Lipinski definition) is 6. The molecule has 1 heterocycles. The first kappa shape index (κ1) is 23.8. The molecule has 0 spiro atoms. The Kier molecular flexibility index (Phi) is 7.02. The van der Waals surface area contributed by atoms with Gasteiger partial charge in [0.15, 0.2) is 16.6 Å². The lowest BCUT2D eigenvalue weighted by atomic mass is 10.2. The molecule has 1 amide bonds. The van der Waals surface area contributed by atoms with E-state index in [-0.39, 0.29) is 22.1 Å². The summed E-state index contributed by atoms with van der Waals surface area (Å²) < 4.78 is 44.3. The van der Waals surface area contributed by atoms with Gasteiger partial charge in [0, 0.05) is 29.3 Å². The van der Waals surface area contributed by atoms with Gasteiger partial charge >= 0.3 is 0 Å². The third kappa shape index (κ3) is 5.44. The number of pyridine rings is 1. The van der Waals surface area contributed by atoms with E-state index in [2.05, 4.69) is 15.6 Å². The number of thiocarbonyl (C=S) groups is 1. The first-order valence-electron chi connectivity index (χ1n) is 10.2. The van der Waals surface area contributed by atoms with Crippen molar-refractivity contribution < 1.29 is 27.8 Å². The predicted molar refractivity (Wildman–Crippen MR) is 131 cm³/mol. The van der Waals surface area contributed by atoms with Crippen LogP contribution in [0, 0.1) is 11.6 Å². The number of aromatic nitrogens is 1. The second-order valence-electron chi connectivity index (χ2n) is 7.19. The molecule has 1 aromatic heterocycles. The molecule has 0 bridgehead atoms. The molecule has 4 rings (SSSR count). The number of ether oxygens (including phenoxy) is 3. The Balaban J connectivity index is 1.48. The Labute approximate surface area is 204 Å². The van der Waals surface area contributed by atoms with Gasteiger partial charge in [0.2, 0.25) is 0 Å². The van der Waals surface area contributed by atoms with Crippen molar-refractivity contribution in [2.24, 2.45) is 0 Å². The van der Waals surface area contributed by atoms with E-state index < -0.39 is 17.5 Å². The second kappa shape index (κ2) is 10.3. The van der Waals surface area contributed by atoms with Gasteiger partial charge in [0.1, 0.15) is 23.1 Å². The Morgan fingerprint density at radius 1 is 0.914 bits per heavy atom. The molecule has 178 valence electrons. The van der Waals surface area contributed by atoms with Gasteiger partial charge in [-0.1, -0.05) is 0 Å². The number of nitrogens with one attached hydrogen (secondary N) is 2. The fourth-order valence-corrected chi connectivity index (χ4v) is 3.46. The maximum atomic E-state index is 14.7. The van der Waals surface area contributed by atoms with Gasteiger partial charge in [-0.05, 0) is 60.7 Å². The topological polar surface area (TPSA) is 81.7 Å². The predicted octanol–water partition coefficient (Wildman–Crippen LogP) is 5.45. The van der Waals surface area contributed by atoms with Crippen LogP contribution in [-0.2, 0) is 0 Å². The molecule has 0 aliphatic rings. The summed E-state index contributed by atoms with van der Waals surface area (Å²) in [4.78, 5) is 16.5. The van der Waals surface area contributed by atoms with E-state index in [1.807, 2.05) is 0 Å². The maximum Gasteiger partial charge on any atom is 0.257 e. The molecule has 3 aromatic carbocycles. The number of carbonyl (C=O) groups is 1. The molecule has 0 unspecified atom stereocenters. The summed E-state index contributed by atoms with van der Waals surface area (Å²) in [6.07, 6.45) is 1.57. The summed E-state index contributed by atoms with van der Waals surface area (Å²) in [6.45, 7) is 0. The minimum atomic E-state index is -0.654. The van der Waals surface area contributed by atoms with Crippen LogP contribution in [0.15, 0.2) is 66.9 Å². The lowest BCUT2D eigenvalue weighted by molar-refractivity contribution is 0.0977. The maximum absolute atomic E-state index is 14.7. The van der Waals surface area contributed by atoms with Crippen molar-refractivity contribution in [1.82, 2.24) is 10.3 Å². The largest absolute Gasteiger partial charge is 0.493 e. The van der Waals surface area contributed by atoms with Gasteiger partial charge in [-0.25, -0.2) is 8.78 Å². The van der Waals surface area contributed by atoms with Crippen molar-refractivity contribution >= 4 is 39.8 Å². The summed E-state index contributed by atoms with van der Waals surface area (Å²) >= 11 is 5.09. The zero-order valence-corrected chi connectivity index (χ0v) is 19.4. The van der Waals surface area contributed by atoms with E-state index in [4.69, 9.17) is 26.4 Å². The molecular formula is C25H19F2N3O4S. The average molecular weight is 496 g/mol. The van der Waals surface area contributed by atoms with Crippen LogP contribution in [0.4, 0.5) is 14.5 Å². The highest BCUT2D eigenvalue weighted by Crippen LogP contribution is 2.37. The lowest BCUT2D eigenvalue weighted by Crippen LogP contribution is -2.34. The Morgan fingerprint density at radius 2 is 1.63 bits per heavy atom.